The van der Waals surface area contributed by atoms with Crippen LogP contribution in [0, 0.1) is 0 Å². The fourth-order valence-electron chi connectivity index (χ4n) is 5.11. The van der Waals surface area contributed by atoms with E-state index in [0.717, 1.165) is 39.9 Å². The molecule has 6 rings (SSSR count). The second kappa shape index (κ2) is 12.4. The van der Waals surface area contributed by atoms with Crippen molar-refractivity contribution in [2.45, 2.75) is 17.2 Å². The van der Waals surface area contributed by atoms with Gasteiger partial charge in [0.1, 0.15) is 5.69 Å². The number of sulfonamides is 1. The van der Waals surface area contributed by atoms with Crippen molar-refractivity contribution in [2.24, 2.45) is 0 Å². The van der Waals surface area contributed by atoms with E-state index in [2.05, 4.69) is 43.7 Å². The molecule has 1 aliphatic rings. The van der Waals surface area contributed by atoms with Gasteiger partial charge in [-0.1, -0.05) is 40.9 Å². The number of anilines is 3. The topological polar surface area (TPSA) is 121 Å². The standard InChI is InChI=1S/C30H32N8O2S3/c1-36(2)25-11-3-21(4-12-25)19-27(22-5-9-24(31)10-6-22)29-32-30(42-34-29)37-15-17-38(18-16-37)43(39,40)26-13-7-23(8-14-26)28-20-41-35-33-28/h3-14,20,27H,15-19,31H2,1-2H3. The lowest BCUT2D eigenvalue weighted by atomic mass is 9.91. The van der Waals surface area contributed by atoms with Gasteiger partial charge in [0.05, 0.1) is 4.90 Å². The van der Waals surface area contributed by atoms with Gasteiger partial charge in [-0.05, 0) is 65.5 Å². The van der Waals surface area contributed by atoms with E-state index in [1.54, 1.807) is 28.6 Å². The van der Waals surface area contributed by atoms with Gasteiger partial charge in [-0.25, -0.2) is 13.4 Å². The largest absolute Gasteiger partial charge is 0.399 e. The monoisotopic (exact) mass is 632 g/mol. The van der Waals surface area contributed by atoms with E-state index in [9.17, 15) is 8.42 Å². The van der Waals surface area contributed by atoms with Crippen molar-refractivity contribution in [3.63, 3.8) is 0 Å². The summed E-state index contributed by atoms with van der Waals surface area (Å²) in [5, 5.41) is 6.69. The van der Waals surface area contributed by atoms with Crippen molar-refractivity contribution in [1.29, 1.82) is 0 Å². The number of rotatable bonds is 9. The van der Waals surface area contributed by atoms with Gasteiger partial charge in [0, 0.05) is 80.0 Å². The van der Waals surface area contributed by atoms with Gasteiger partial charge in [0.25, 0.3) is 0 Å². The van der Waals surface area contributed by atoms with E-state index in [1.165, 1.54) is 28.6 Å². The Kier molecular flexibility index (Phi) is 8.39. The van der Waals surface area contributed by atoms with Crippen LogP contribution in [0.2, 0.25) is 0 Å². The molecule has 43 heavy (non-hydrogen) atoms. The van der Waals surface area contributed by atoms with Crippen LogP contribution in [-0.2, 0) is 16.4 Å². The Morgan fingerprint density at radius 3 is 2.26 bits per heavy atom. The first kappa shape index (κ1) is 29.2. The smallest absolute Gasteiger partial charge is 0.243 e. The Hall–Kier alpha value is -3.91. The fraction of sp³-hybridized carbons (Fsp3) is 0.267. The summed E-state index contributed by atoms with van der Waals surface area (Å²) in [4.78, 5) is 9.45. The zero-order valence-corrected chi connectivity index (χ0v) is 26.3. The van der Waals surface area contributed by atoms with Gasteiger partial charge in [-0.2, -0.15) is 8.68 Å². The van der Waals surface area contributed by atoms with Crippen molar-refractivity contribution < 1.29 is 8.42 Å². The minimum atomic E-state index is -3.62. The van der Waals surface area contributed by atoms with Crippen LogP contribution in [-0.4, -0.2) is 71.9 Å². The maximum absolute atomic E-state index is 13.4. The Bertz CT molecular complexity index is 1750. The van der Waals surface area contributed by atoms with Crippen LogP contribution in [0.4, 0.5) is 16.5 Å². The molecular formula is C30H32N8O2S3. The van der Waals surface area contributed by atoms with Gasteiger partial charge in [0.15, 0.2) is 5.82 Å². The molecule has 1 fully saturated rings. The predicted molar refractivity (Wildman–Crippen MR) is 173 cm³/mol. The highest BCUT2D eigenvalue weighted by atomic mass is 32.2. The molecule has 1 unspecified atom stereocenters. The van der Waals surface area contributed by atoms with Gasteiger partial charge >= 0.3 is 0 Å². The first-order valence-electron chi connectivity index (χ1n) is 13.9. The van der Waals surface area contributed by atoms with E-state index in [4.69, 9.17) is 15.1 Å². The van der Waals surface area contributed by atoms with E-state index >= 15 is 0 Å². The molecule has 0 saturated carbocycles. The lowest BCUT2D eigenvalue weighted by Gasteiger charge is -2.33. The molecule has 0 amide bonds. The number of hydrogen-bond acceptors (Lipinski definition) is 11. The molecule has 3 heterocycles. The summed E-state index contributed by atoms with van der Waals surface area (Å²) in [6, 6.07) is 23.3. The van der Waals surface area contributed by atoms with Crippen LogP contribution >= 0.6 is 23.1 Å². The number of nitrogens with zero attached hydrogens (tertiary/aromatic N) is 7. The molecule has 1 aliphatic heterocycles. The highest BCUT2D eigenvalue weighted by molar-refractivity contribution is 7.89. The molecule has 5 aromatic rings. The van der Waals surface area contributed by atoms with Crippen LogP contribution in [0.3, 0.4) is 0 Å². The van der Waals surface area contributed by atoms with E-state index in [0.29, 0.717) is 31.9 Å². The van der Waals surface area contributed by atoms with Crippen molar-refractivity contribution in [1.82, 2.24) is 23.2 Å². The highest BCUT2D eigenvalue weighted by Crippen LogP contribution is 2.32. The minimum absolute atomic E-state index is 0.0412. The first-order chi connectivity index (χ1) is 20.8. The number of aromatic nitrogens is 4. The number of nitrogen functional groups attached to an aromatic ring is 1. The van der Waals surface area contributed by atoms with Crippen LogP contribution in [0.25, 0.3) is 11.3 Å². The van der Waals surface area contributed by atoms with E-state index < -0.39 is 10.0 Å². The quantitative estimate of drug-likeness (QED) is 0.233. The van der Waals surface area contributed by atoms with Crippen molar-refractivity contribution in [3.05, 3.63) is 95.1 Å². The average Bonchev–Trinajstić information content (AvgIpc) is 3.74. The van der Waals surface area contributed by atoms with Gasteiger partial charge in [-0.15, -0.1) is 5.10 Å². The molecule has 10 nitrogen and oxygen atoms in total. The Morgan fingerprint density at radius 1 is 0.930 bits per heavy atom. The molecule has 1 saturated heterocycles. The SMILES string of the molecule is CN(C)c1ccc(CC(c2ccc(N)cc2)c2nsc(N3CCN(S(=O)(=O)c4ccc(-c5csnn5)cc4)CC3)n2)cc1. The molecule has 0 aliphatic carbocycles. The Morgan fingerprint density at radius 2 is 1.63 bits per heavy atom. The van der Waals surface area contributed by atoms with Gasteiger partial charge in [0.2, 0.25) is 15.2 Å². The highest BCUT2D eigenvalue weighted by Gasteiger charge is 2.30. The molecule has 0 bridgehead atoms. The van der Waals surface area contributed by atoms with Gasteiger partial charge in [-0.3, -0.25) is 0 Å². The summed E-state index contributed by atoms with van der Waals surface area (Å²) >= 11 is 2.62. The molecule has 13 heteroatoms. The third-order valence-corrected chi connectivity index (χ3v) is 10.8. The molecule has 2 aromatic heterocycles. The zero-order valence-electron chi connectivity index (χ0n) is 23.9. The third kappa shape index (κ3) is 6.39. The number of benzene rings is 3. The third-order valence-electron chi connectivity index (χ3n) is 7.63. The summed E-state index contributed by atoms with van der Waals surface area (Å²) in [7, 11) is 0.442. The molecule has 1 atom stereocenters. The Labute approximate surface area is 259 Å². The minimum Gasteiger partial charge on any atom is -0.399 e. The zero-order chi connectivity index (χ0) is 30.0. The lowest BCUT2D eigenvalue weighted by molar-refractivity contribution is 0.384. The summed E-state index contributed by atoms with van der Waals surface area (Å²) in [6.07, 6.45) is 0.748. The van der Waals surface area contributed by atoms with E-state index in [1.807, 2.05) is 43.7 Å². The summed E-state index contributed by atoms with van der Waals surface area (Å²) in [5.41, 5.74) is 11.7. The second-order valence-corrected chi connectivity index (χ2v) is 13.9. The maximum atomic E-state index is 13.4. The van der Waals surface area contributed by atoms with Gasteiger partial charge < -0.3 is 15.5 Å². The maximum Gasteiger partial charge on any atom is 0.243 e. The summed E-state index contributed by atoms with van der Waals surface area (Å²) < 4.78 is 37.0. The van der Waals surface area contributed by atoms with Crippen molar-refractivity contribution in [3.8, 4) is 11.3 Å². The fourth-order valence-corrected chi connectivity index (χ4v) is 7.77. The average molecular weight is 633 g/mol. The first-order valence-corrected chi connectivity index (χ1v) is 16.9. The second-order valence-electron chi connectivity index (χ2n) is 10.6. The molecule has 3 aromatic carbocycles. The van der Waals surface area contributed by atoms with Crippen molar-refractivity contribution in [2.75, 3.05) is 55.8 Å². The predicted octanol–water partition coefficient (Wildman–Crippen LogP) is 4.59. The van der Waals surface area contributed by atoms with Crippen molar-refractivity contribution >= 4 is 49.6 Å². The number of nitrogens with two attached hydrogens (primary N) is 1. The molecule has 2 N–H and O–H groups in total. The molecular weight excluding hydrogens is 601 g/mol. The number of piperazine rings is 1. The van der Waals surface area contributed by atoms with Crippen LogP contribution in [0.15, 0.2) is 83.1 Å². The molecule has 0 spiro atoms. The Balaban J connectivity index is 1.16. The molecule has 222 valence electrons. The van der Waals surface area contributed by atoms with Crippen LogP contribution < -0.4 is 15.5 Å². The summed E-state index contributed by atoms with van der Waals surface area (Å²) in [5.74, 6) is 0.715. The lowest BCUT2D eigenvalue weighted by Crippen LogP contribution is -2.48. The molecule has 0 radical (unpaired) electrons. The van der Waals surface area contributed by atoms with Crippen LogP contribution in [0.5, 0.6) is 0 Å². The normalized spacial score (nSPS) is 15.0. The summed E-state index contributed by atoms with van der Waals surface area (Å²) in [6.45, 7) is 1.81. The number of hydrogen-bond donors (Lipinski definition) is 1. The van der Waals surface area contributed by atoms with E-state index in [-0.39, 0.29) is 10.8 Å². The van der Waals surface area contributed by atoms with Crippen LogP contribution in [0.1, 0.15) is 22.9 Å².